The predicted octanol–water partition coefficient (Wildman–Crippen LogP) is 2.45. The lowest BCUT2D eigenvalue weighted by Crippen LogP contribution is -2.23. The number of primary amides is 6. The van der Waals surface area contributed by atoms with Crippen molar-refractivity contribution in [1.29, 1.82) is 0 Å². The summed E-state index contributed by atoms with van der Waals surface area (Å²) in [6.45, 7) is 0. The molecule has 22 nitrogen and oxygen atoms in total. The quantitative estimate of drug-likeness (QED) is 0.0863. The molecule has 0 radical (unpaired) electrons. The SMILES string of the molecule is NC(=O)c1ccnc(N(c2cc(N(c3cc(C(N)=O)ccn3)c3cc(C(N)=O)ccn3)nc(N(c3cc(C(N)=O)ccn3)c3cc(C(N)=O)ccn3)c2)c2cc(C(N)=O)ccn2)c1. The molecule has 312 valence electrons. The number of carbonyl (C=O) groups excluding carboxylic acids is 6. The normalized spacial score (nSPS) is 10.7. The van der Waals surface area contributed by atoms with Crippen LogP contribution in [0.25, 0.3) is 0 Å². The van der Waals surface area contributed by atoms with E-state index in [9.17, 15) is 28.8 Å². The molecule has 0 aliphatic carbocycles. The molecule has 22 heteroatoms. The highest BCUT2D eigenvalue weighted by Gasteiger charge is 2.28. The van der Waals surface area contributed by atoms with Gasteiger partial charge in [0.15, 0.2) is 0 Å². The van der Waals surface area contributed by atoms with Gasteiger partial charge in [-0.2, -0.15) is 0 Å². The maximum absolute atomic E-state index is 12.5. The first-order chi connectivity index (χ1) is 30.2. The first kappa shape index (κ1) is 41.4. The van der Waals surface area contributed by atoms with Crippen molar-refractivity contribution in [2.45, 2.75) is 0 Å². The van der Waals surface area contributed by atoms with Gasteiger partial charge in [-0.05, 0) is 72.8 Å². The van der Waals surface area contributed by atoms with Crippen LogP contribution in [0.2, 0.25) is 0 Å². The van der Waals surface area contributed by atoms with E-state index in [1.54, 1.807) is 0 Å². The summed E-state index contributed by atoms with van der Waals surface area (Å²) < 4.78 is 0. The van der Waals surface area contributed by atoms with E-state index < -0.39 is 35.4 Å². The molecule has 7 aromatic rings. The molecule has 7 rings (SSSR count). The first-order valence-corrected chi connectivity index (χ1v) is 18.2. The van der Waals surface area contributed by atoms with E-state index in [-0.39, 0.29) is 85.6 Å². The number of carbonyl (C=O) groups is 6. The van der Waals surface area contributed by atoms with Crippen LogP contribution in [0.1, 0.15) is 62.1 Å². The molecule has 0 aromatic carbocycles. The topological polar surface area (TPSA) is 358 Å². The largest absolute Gasteiger partial charge is 0.366 e. The molecule has 0 saturated carbocycles. The molecule has 6 amide bonds. The highest BCUT2D eigenvalue weighted by atomic mass is 16.2. The van der Waals surface area contributed by atoms with Crippen LogP contribution in [0, 0.1) is 0 Å². The van der Waals surface area contributed by atoms with Crippen molar-refractivity contribution in [3.05, 3.63) is 155 Å². The van der Waals surface area contributed by atoms with Crippen LogP contribution < -0.4 is 49.1 Å². The number of pyridine rings is 7. The molecule has 12 N–H and O–H groups in total. The zero-order valence-electron chi connectivity index (χ0n) is 32.4. The number of anilines is 9. The molecule has 0 spiro atoms. The predicted molar refractivity (Wildman–Crippen MR) is 226 cm³/mol. The van der Waals surface area contributed by atoms with E-state index in [1.165, 1.54) is 137 Å². The fourth-order valence-electron chi connectivity index (χ4n) is 6.10. The summed E-state index contributed by atoms with van der Waals surface area (Å²) in [5.74, 6) is -4.91. The van der Waals surface area contributed by atoms with Crippen LogP contribution in [-0.2, 0) is 0 Å². The molecule has 0 unspecified atom stereocenters. The van der Waals surface area contributed by atoms with Crippen LogP contribution in [0.15, 0.2) is 122 Å². The molecule has 0 aliphatic rings. The van der Waals surface area contributed by atoms with Crippen LogP contribution in [-0.4, -0.2) is 70.3 Å². The molecule has 0 fully saturated rings. The lowest BCUT2D eigenvalue weighted by Gasteiger charge is -2.30. The van der Waals surface area contributed by atoms with E-state index >= 15 is 0 Å². The molecule has 63 heavy (non-hydrogen) atoms. The Morgan fingerprint density at radius 1 is 0.302 bits per heavy atom. The molecular weight excluding hydrogens is 813 g/mol. The second-order valence-electron chi connectivity index (χ2n) is 13.1. The van der Waals surface area contributed by atoms with Gasteiger partial charge in [0.2, 0.25) is 35.4 Å². The van der Waals surface area contributed by atoms with Crippen LogP contribution in [0.3, 0.4) is 0 Å². The van der Waals surface area contributed by atoms with Crippen molar-refractivity contribution in [2.24, 2.45) is 34.4 Å². The summed E-state index contributed by atoms with van der Waals surface area (Å²) in [5, 5.41) is 0. The van der Waals surface area contributed by atoms with Crippen molar-refractivity contribution < 1.29 is 28.8 Å². The summed E-state index contributed by atoms with van der Waals surface area (Å²) in [7, 11) is 0. The fraction of sp³-hybridized carbons (Fsp3) is 0. The maximum atomic E-state index is 12.5. The summed E-state index contributed by atoms with van der Waals surface area (Å²) >= 11 is 0. The Bertz CT molecular complexity index is 2500. The smallest absolute Gasteiger partial charge is 0.248 e. The molecule has 0 aliphatic heterocycles. The van der Waals surface area contributed by atoms with Gasteiger partial charge < -0.3 is 34.4 Å². The summed E-state index contributed by atoms with van der Waals surface area (Å²) in [6.07, 6.45) is 7.86. The van der Waals surface area contributed by atoms with Gasteiger partial charge in [-0.1, -0.05) is 0 Å². The molecule has 0 bridgehead atoms. The van der Waals surface area contributed by atoms with Crippen molar-refractivity contribution in [3.8, 4) is 0 Å². The number of nitrogens with zero attached hydrogens (tertiary/aromatic N) is 10. The van der Waals surface area contributed by atoms with Gasteiger partial charge in [-0.25, -0.2) is 34.9 Å². The average molecular weight is 845 g/mol. The number of hydrogen-bond acceptors (Lipinski definition) is 16. The van der Waals surface area contributed by atoms with E-state index in [4.69, 9.17) is 39.4 Å². The number of nitrogens with two attached hydrogens (primary N) is 6. The Hall–Kier alpha value is -9.73. The number of hydrogen-bond donors (Lipinski definition) is 6. The molecule has 7 aromatic heterocycles. The molecule has 7 heterocycles. The Labute approximate surface area is 355 Å². The summed E-state index contributed by atoms with van der Waals surface area (Å²) in [6, 6.07) is 19.3. The van der Waals surface area contributed by atoms with Gasteiger partial charge in [0.05, 0.1) is 5.69 Å². The minimum absolute atomic E-state index is 0.000441. The lowest BCUT2D eigenvalue weighted by molar-refractivity contribution is 0.0991. The highest BCUT2D eigenvalue weighted by Crippen LogP contribution is 2.42. The Kier molecular flexibility index (Phi) is 11.3. The monoisotopic (exact) mass is 844 g/mol. The third-order valence-electron chi connectivity index (χ3n) is 9.05. The number of amides is 6. The molecule has 0 saturated heterocycles. The second kappa shape index (κ2) is 17.2. The van der Waals surface area contributed by atoms with Crippen molar-refractivity contribution in [3.63, 3.8) is 0 Å². The summed E-state index contributed by atoms with van der Waals surface area (Å²) in [5.41, 5.74) is 34.4. The lowest BCUT2D eigenvalue weighted by atomic mass is 10.2. The van der Waals surface area contributed by atoms with Crippen molar-refractivity contribution >= 4 is 87.7 Å². The van der Waals surface area contributed by atoms with E-state index in [1.807, 2.05) is 0 Å². The highest BCUT2D eigenvalue weighted by molar-refractivity contribution is 5.98. The van der Waals surface area contributed by atoms with Crippen LogP contribution in [0.5, 0.6) is 0 Å². The zero-order chi connectivity index (χ0) is 44.9. The number of aromatic nitrogens is 7. The minimum atomic E-state index is -0.807. The van der Waals surface area contributed by atoms with Crippen molar-refractivity contribution in [2.75, 3.05) is 14.7 Å². The molecule has 0 atom stereocenters. The zero-order valence-corrected chi connectivity index (χ0v) is 32.4. The van der Waals surface area contributed by atoms with Gasteiger partial charge in [0.25, 0.3) is 0 Å². The second-order valence-corrected chi connectivity index (χ2v) is 13.1. The average Bonchev–Trinajstić information content (AvgIpc) is 3.27. The first-order valence-electron chi connectivity index (χ1n) is 18.2. The summed E-state index contributed by atoms with van der Waals surface area (Å²) in [4.78, 5) is 111. The van der Waals surface area contributed by atoms with Crippen molar-refractivity contribution in [1.82, 2.24) is 34.9 Å². The van der Waals surface area contributed by atoms with Gasteiger partial charge in [0.1, 0.15) is 46.5 Å². The Morgan fingerprint density at radius 3 is 0.714 bits per heavy atom. The van der Waals surface area contributed by atoms with E-state index in [0.29, 0.717) is 0 Å². The van der Waals surface area contributed by atoms with E-state index in [2.05, 4.69) is 29.9 Å². The van der Waals surface area contributed by atoms with Crippen LogP contribution in [0.4, 0.5) is 52.2 Å². The van der Waals surface area contributed by atoms with Gasteiger partial charge in [-0.3, -0.25) is 43.5 Å². The third kappa shape index (κ3) is 8.84. The van der Waals surface area contributed by atoms with Gasteiger partial charge in [0, 0.05) is 82.7 Å². The molecular formula is C41H32N16O6. The third-order valence-corrected chi connectivity index (χ3v) is 9.05. The van der Waals surface area contributed by atoms with E-state index in [0.717, 1.165) is 0 Å². The van der Waals surface area contributed by atoms with Gasteiger partial charge >= 0.3 is 0 Å². The maximum Gasteiger partial charge on any atom is 0.248 e. The Balaban J connectivity index is 1.64. The minimum Gasteiger partial charge on any atom is -0.366 e. The van der Waals surface area contributed by atoms with Crippen LogP contribution >= 0.6 is 0 Å². The number of rotatable bonds is 15. The standard InChI is InChI=1S/C41H32N16O6/c42-36(58)21-1-7-48-28(13-21)55(29-14-22(37(43)59)2-8-49-29)27-19-34(56(30-15-23(38(44)60)3-9-50-30)31-16-24(39(45)61)4-10-51-31)54-35(20-27)57(32-17-25(40(46)62)5-11-52-32)33-18-26(41(47)63)6-12-53-33/h1-20H,(H2,42,58)(H2,43,59)(H2,44,60)(H2,45,61)(H2,46,62)(H2,47,63). The Morgan fingerprint density at radius 2 is 0.508 bits per heavy atom. The fourth-order valence-corrected chi connectivity index (χ4v) is 6.10. The van der Waals surface area contributed by atoms with Gasteiger partial charge in [-0.15, -0.1) is 0 Å².